The Kier molecular flexibility index (Phi) is 3.47. The molecule has 1 aromatic rings. The maximum atomic E-state index is 13.2. The van der Waals surface area contributed by atoms with E-state index in [1.807, 2.05) is 20.8 Å². The highest BCUT2D eigenvalue weighted by Crippen LogP contribution is 2.16. The third-order valence-corrected chi connectivity index (χ3v) is 1.67. The van der Waals surface area contributed by atoms with Crippen molar-refractivity contribution < 1.29 is 8.78 Å². The summed E-state index contributed by atoms with van der Waals surface area (Å²) < 4.78 is 26.1. The first-order valence-electron chi connectivity index (χ1n) is 4.86. The zero-order valence-corrected chi connectivity index (χ0v) is 9.51. The van der Waals surface area contributed by atoms with Gasteiger partial charge in [-0.1, -0.05) is 6.07 Å². The number of guanidine groups is 1. The lowest BCUT2D eigenvalue weighted by Gasteiger charge is -2.14. The van der Waals surface area contributed by atoms with Gasteiger partial charge in [0, 0.05) is 0 Å². The third-order valence-electron chi connectivity index (χ3n) is 1.67. The molecule has 16 heavy (non-hydrogen) atoms. The van der Waals surface area contributed by atoms with Crippen LogP contribution in [0.5, 0.6) is 0 Å². The van der Waals surface area contributed by atoms with E-state index in [9.17, 15) is 8.78 Å². The Labute approximate surface area is 93.4 Å². The number of aliphatic imine (C=N–C) groups is 1. The fourth-order valence-electron chi connectivity index (χ4n) is 1.13. The van der Waals surface area contributed by atoms with Crippen LogP contribution in [0.25, 0.3) is 0 Å². The van der Waals surface area contributed by atoms with Crippen LogP contribution in [-0.4, -0.2) is 11.5 Å². The molecule has 0 bridgehead atoms. The molecule has 0 atom stereocenters. The van der Waals surface area contributed by atoms with Crippen molar-refractivity contribution in [2.75, 3.05) is 5.32 Å². The predicted octanol–water partition coefficient (Wildman–Crippen LogP) is 2.49. The quantitative estimate of drug-likeness (QED) is 0.572. The van der Waals surface area contributed by atoms with Crippen molar-refractivity contribution in [2.45, 2.75) is 26.3 Å². The zero-order valence-electron chi connectivity index (χ0n) is 9.51. The van der Waals surface area contributed by atoms with E-state index in [2.05, 4.69) is 10.3 Å². The van der Waals surface area contributed by atoms with E-state index in [-0.39, 0.29) is 17.2 Å². The van der Waals surface area contributed by atoms with Crippen LogP contribution in [0.4, 0.5) is 14.5 Å². The molecule has 0 radical (unpaired) electrons. The van der Waals surface area contributed by atoms with Gasteiger partial charge in [0.15, 0.2) is 17.6 Å². The van der Waals surface area contributed by atoms with Gasteiger partial charge in [-0.05, 0) is 32.9 Å². The van der Waals surface area contributed by atoms with Crippen LogP contribution in [0.15, 0.2) is 23.2 Å². The second kappa shape index (κ2) is 4.47. The molecule has 0 aliphatic carbocycles. The molecule has 88 valence electrons. The topological polar surface area (TPSA) is 50.4 Å². The minimum absolute atomic E-state index is 0.0227. The Balaban J connectivity index is 2.90. The number of hydrogen-bond acceptors (Lipinski definition) is 1. The first-order chi connectivity index (χ1) is 7.29. The van der Waals surface area contributed by atoms with Crippen molar-refractivity contribution in [2.24, 2.45) is 10.7 Å². The molecule has 0 fully saturated rings. The summed E-state index contributed by atoms with van der Waals surface area (Å²) in [5.74, 6) is -1.83. The van der Waals surface area contributed by atoms with Gasteiger partial charge >= 0.3 is 0 Å². The number of rotatable bonds is 1. The Hall–Kier alpha value is -1.65. The van der Waals surface area contributed by atoms with Crippen LogP contribution in [0, 0.1) is 11.6 Å². The Morgan fingerprint density at radius 3 is 2.50 bits per heavy atom. The molecule has 0 heterocycles. The molecule has 0 aromatic heterocycles. The maximum absolute atomic E-state index is 13.2. The fourth-order valence-corrected chi connectivity index (χ4v) is 1.13. The summed E-state index contributed by atoms with van der Waals surface area (Å²) in [6.07, 6.45) is 0. The lowest BCUT2D eigenvalue weighted by atomic mass is 10.1. The summed E-state index contributed by atoms with van der Waals surface area (Å²) in [6.45, 7) is 5.55. The number of nitrogens with one attached hydrogen (secondary N) is 1. The van der Waals surface area contributed by atoms with Crippen LogP contribution in [0.3, 0.4) is 0 Å². The van der Waals surface area contributed by atoms with E-state index in [1.54, 1.807) is 0 Å². The first kappa shape index (κ1) is 12.4. The van der Waals surface area contributed by atoms with Crippen LogP contribution < -0.4 is 11.1 Å². The average molecular weight is 227 g/mol. The molecule has 5 heteroatoms. The zero-order chi connectivity index (χ0) is 12.3. The molecule has 0 amide bonds. The fraction of sp³-hybridized carbons (Fsp3) is 0.364. The standard InChI is InChI=1S/C11H15F2N3/c1-11(2,3)16-10(14)15-8-6-4-5-7(12)9(8)13/h4-6H,1-3H3,(H3,14,15,16). The molecular weight excluding hydrogens is 212 g/mol. The van der Waals surface area contributed by atoms with Crippen LogP contribution in [0.1, 0.15) is 20.8 Å². The highest BCUT2D eigenvalue weighted by molar-refractivity contribution is 5.92. The van der Waals surface area contributed by atoms with Crippen molar-refractivity contribution >= 4 is 11.6 Å². The minimum Gasteiger partial charge on any atom is -0.370 e. The van der Waals surface area contributed by atoms with Crippen LogP contribution in [-0.2, 0) is 0 Å². The normalized spacial score (nSPS) is 12.7. The van der Waals surface area contributed by atoms with Gasteiger partial charge in [-0.3, -0.25) is 0 Å². The van der Waals surface area contributed by atoms with E-state index in [4.69, 9.17) is 5.73 Å². The van der Waals surface area contributed by atoms with E-state index in [0.29, 0.717) is 0 Å². The molecule has 3 nitrogen and oxygen atoms in total. The molecule has 0 saturated heterocycles. The minimum atomic E-state index is -0.963. The lowest BCUT2D eigenvalue weighted by Crippen LogP contribution is -2.27. The molecule has 1 aromatic carbocycles. The third kappa shape index (κ3) is 3.49. The second-order valence-electron chi connectivity index (χ2n) is 4.39. The predicted molar refractivity (Wildman–Crippen MR) is 61.4 cm³/mol. The second-order valence-corrected chi connectivity index (χ2v) is 4.39. The number of nitrogens with two attached hydrogens (primary N) is 1. The monoisotopic (exact) mass is 227 g/mol. The summed E-state index contributed by atoms with van der Waals surface area (Å²) in [5.41, 5.74) is 5.16. The molecule has 1 rings (SSSR count). The molecular formula is C11H15F2N3. The van der Waals surface area contributed by atoms with Gasteiger partial charge in [-0.15, -0.1) is 0 Å². The number of halogens is 2. The number of anilines is 1. The molecule has 0 unspecified atom stereocenters. The highest BCUT2D eigenvalue weighted by Gasteiger charge is 2.11. The Morgan fingerprint density at radius 1 is 1.31 bits per heavy atom. The smallest absolute Gasteiger partial charge is 0.193 e. The van der Waals surface area contributed by atoms with E-state index in [0.717, 1.165) is 6.07 Å². The molecule has 0 aliphatic rings. The Bertz CT molecular complexity index is 408. The summed E-state index contributed by atoms with van der Waals surface area (Å²) >= 11 is 0. The van der Waals surface area contributed by atoms with Crippen LogP contribution >= 0.6 is 0 Å². The molecule has 0 saturated carbocycles. The van der Waals surface area contributed by atoms with E-state index in [1.165, 1.54) is 12.1 Å². The Morgan fingerprint density at radius 2 is 1.94 bits per heavy atom. The average Bonchev–Trinajstić information content (AvgIpc) is 2.09. The number of nitrogens with zero attached hydrogens (tertiary/aromatic N) is 1. The van der Waals surface area contributed by atoms with Gasteiger partial charge < -0.3 is 11.1 Å². The largest absolute Gasteiger partial charge is 0.370 e. The summed E-state index contributed by atoms with van der Waals surface area (Å²) in [4.78, 5) is 4.07. The van der Waals surface area contributed by atoms with E-state index < -0.39 is 11.6 Å². The van der Waals surface area contributed by atoms with Crippen molar-refractivity contribution in [3.8, 4) is 0 Å². The van der Waals surface area contributed by atoms with Gasteiger partial charge in [-0.25, -0.2) is 13.8 Å². The van der Waals surface area contributed by atoms with E-state index >= 15 is 0 Å². The van der Waals surface area contributed by atoms with Crippen molar-refractivity contribution in [1.82, 2.24) is 0 Å². The van der Waals surface area contributed by atoms with Crippen molar-refractivity contribution in [3.05, 3.63) is 29.8 Å². The summed E-state index contributed by atoms with van der Waals surface area (Å²) in [7, 11) is 0. The SMILES string of the molecule is CC(C)(C)N=C(N)Nc1cccc(F)c1F. The van der Waals surface area contributed by atoms with Crippen molar-refractivity contribution in [1.29, 1.82) is 0 Å². The highest BCUT2D eigenvalue weighted by atomic mass is 19.2. The summed E-state index contributed by atoms with van der Waals surface area (Å²) in [5, 5.41) is 2.52. The number of benzene rings is 1. The van der Waals surface area contributed by atoms with Gasteiger partial charge in [0.2, 0.25) is 0 Å². The van der Waals surface area contributed by atoms with Gasteiger partial charge in [-0.2, -0.15) is 0 Å². The van der Waals surface area contributed by atoms with Crippen LogP contribution in [0.2, 0.25) is 0 Å². The van der Waals surface area contributed by atoms with Crippen molar-refractivity contribution in [3.63, 3.8) is 0 Å². The molecule has 0 spiro atoms. The van der Waals surface area contributed by atoms with Gasteiger partial charge in [0.05, 0.1) is 11.2 Å². The summed E-state index contributed by atoms with van der Waals surface area (Å²) in [6, 6.07) is 3.83. The first-order valence-corrected chi connectivity index (χ1v) is 4.86. The van der Waals surface area contributed by atoms with Gasteiger partial charge in [0.25, 0.3) is 0 Å². The maximum Gasteiger partial charge on any atom is 0.193 e. The van der Waals surface area contributed by atoms with Gasteiger partial charge in [0.1, 0.15) is 0 Å². The number of hydrogen-bond donors (Lipinski definition) is 2. The molecule has 0 aliphatic heterocycles. The molecule has 3 N–H and O–H groups in total. The lowest BCUT2D eigenvalue weighted by molar-refractivity contribution is 0.512.